The molecule has 0 amide bonds. The first-order chi connectivity index (χ1) is 15.9. The van der Waals surface area contributed by atoms with Crippen molar-refractivity contribution in [1.29, 1.82) is 0 Å². The van der Waals surface area contributed by atoms with Crippen molar-refractivity contribution in [1.82, 2.24) is 19.5 Å². The third kappa shape index (κ3) is 3.85. The maximum Gasteiger partial charge on any atom is 0.190 e. The highest BCUT2D eigenvalue weighted by Gasteiger charge is 2.36. The van der Waals surface area contributed by atoms with E-state index in [4.69, 9.17) is 10.5 Å². The molecular weight excluding hydrogens is 420 g/mol. The Morgan fingerprint density at radius 1 is 1.15 bits per heavy atom. The number of hydrogen-bond acceptors (Lipinski definition) is 8. The van der Waals surface area contributed by atoms with Crippen LogP contribution in [0.4, 0.5) is 11.5 Å². The second-order valence-corrected chi connectivity index (χ2v) is 8.24. The fourth-order valence-corrected chi connectivity index (χ4v) is 4.04. The molecule has 2 aromatic carbocycles. The number of rotatable bonds is 3. The molecule has 33 heavy (non-hydrogen) atoms. The monoisotopic (exact) mass is 444 g/mol. The van der Waals surface area contributed by atoms with Gasteiger partial charge in [-0.3, -0.25) is 4.57 Å². The average molecular weight is 444 g/mol. The molecule has 0 aliphatic carbocycles. The third-order valence-electron chi connectivity index (χ3n) is 5.84. The molecule has 1 fully saturated rings. The quantitative estimate of drug-likeness (QED) is 0.408. The zero-order chi connectivity index (χ0) is 23.1. The number of hydrogen-bond donors (Lipinski definition) is 3. The fraction of sp³-hybridized carbons (Fsp3) is 0.292. The van der Waals surface area contributed by atoms with E-state index in [-0.39, 0.29) is 18.8 Å². The largest absolute Gasteiger partial charge is 0.394 e. The van der Waals surface area contributed by atoms with Gasteiger partial charge in [0.2, 0.25) is 0 Å². The van der Waals surface area contributed by atoms with E-state index < -0.39 is 18.4 Å². The van der Waals surface area contributed by atoms with E-state index in [2.05, 4.69) is 49.9 Å². The van der Waals surface area contributed by atoms with Gasteiger partial charge in [-0.15, -0.1) is 0 Å². The Labute approximate surface area is 190 Å². The summed E-state index contributed by atoms with van der Waals surface area (Å²) >= 11 is 0. The number of nitrogen functional groups attached to an aromatic ring is 1. The molecule has 168 valence electrons. The Morgan fingerprint density at radius 2 is 1.94 bits per heavy atom. The molecule has 3 heterocycles. The maximum atomic E-state index is 10.2. The van der Waals surface area contributed by atoms with E-state index in [9.17, 15) is 10.2 Å². The number of nitrogens with two attached hydrogens (primary N) is 1. The Morgan fingerprint density at radius 3 is 2.70 bits per heavy atom. The van der Waals surface area contributed by atoms with Crippen LogP contribution < -0.4 is 10.6 Å². The predicted molar refractivity (Wildman–Crippen MR) is 126 cm³/mol. The lowest BCUT2D eigenvalue weighted by molar-refractivity contribution is -0.0434. The van der Waals surface area contributed by atoms with Crippen molar-refractivity contribution in [3.63, 3.8) is 0 Å². The van der Waals surface area contributed by atoms with Crippen LogP contribution in [0.5, 0.6) is 0 Å². The number of aliphatic hydroxyl groups is 2. The SMILES string of the molecule is CN(C)c1ccc2cc(C#Cc3nc4c(N)ncnc4n3[C@H]3C[C@H](O)[C@@H](CO)O3)ccc2c1. The van der Waals surface area contributed by atoms with Crippen LogP contribution in [0.2, 0.25) is 0 Å². The van der Waals surface area contributed by atoms with Gasteiger partial charge in [0.05, 0.1) is 12.7 Å². The van der Waals surface area contributed by atoms with E-state index >= 15 is 0 Å². The minimum absolute atomic E-state index is 0.237. The lowest BCUT2D eigenvalue weighted by Gasteiger charge is -2.14. The highest BCUT2D eigenvalue weighted by molar-refractivity contribution is 5.87. The molecule has 3 atom stereocenters. The second-order valence-electron chi connectivity index (χ2n) is 8.24. The molecule has 1 saturated heterocycles. The van der Waals surface area contributed by atoms with Gasteiger partial charge in [0.25, 0.3) is 0 Å². The highest BCUT2D eigenvalue weighted by Crippen LogP contribution is 2.32. The number of fused-ring (bicyclic) bond motifs is 2. The van der Waals surface area contributed by atoms with E-state index in [0.717, 1.165) is 22.0 Å². The molecular formula is C24H24N6O3. The summed E-state index contributed by atoms with van der Waals surface area (Å²) in [5.74, 6) is 6.92. The number of aliphatic hydroxyl groups excluding tert-OH is 2. The first-order valence-electron chi connectivity index (χ1n) is 10.6. The van der Waals surface area contributed by atoms with E-state index in [1.165, 1.54) is 6.33 Å². The maximum absolute atomic E-state index is 10.2. The number of imidazole rings is 1. The lowest BCUT2D eigenvalue weighted by atomic mass is 10.1. The van der Waals surface area contributed by atoms with Gasteiger partial charge in [-0.25, -0.2) is 15.0 Å². The van der Waals surface area contributed by atoms with Crippen molar-refractivity contribution in [2.24, 2.45) is 0 Å². The summed E-state index contributed by atoms with van der Waals surface area (Å²) in [6, 6.07) is 12.3. The molecule has 1 aliphatic rings. The first kappa shape index (κ1) is 21.2. The Hall–Kier alpha value is -3.71. The molecule has 2 aromatic heterocycles. The van der Waals surface area contributed by atoms with Crippen LogP contribution in [-0.2, 0) is 4.74 Å². The van der Waals surface area contributed by atoms with Crippen molar-refractivity contribution in [3.05, 3.63) is 54.1 Å². The summed E-state index contributed by atoms with van der Waals surface area (Å²) in [7, 11) is 4.03. The summed E-state index contributed by atoms with van der Waals surface area (Å²) in [5, 5.41) is 21.9. The summed E-state index contributed by atoms with van der Waals surface area (Å²) in [6.07, 6.45) is -0.431. The van der Waals surface area contributed by atoms with Gasteiger partial charge in [0, 0.05) is 31.8 Å². The zero-order valence-electron chi connectivity index (χ0n) is 18.3. The second kappa shape index (κ2) is 8.33. The van der Waals surface area contributed by atoms with Gasteiger partial charge >= 0.3 is 0 Å². The van der Waals surface area contributed by atoms with Gasteiger partial charge in [-0.1, -0.05) is 18.1 Å². The Bertz CT molecular complexity index is 1400. The zero-order valence-corrected chi connectivity index (χ0v) is 18.3. The van der Waals surface area contributed by atoms with Crippen molar-refractivity contribution in [2.75, 3.05) is 31.3 Å². The summed E-state index contributed by atoms with van der Waals surface area (Å²) in [6.45, 7) is -0.283. The molecule has 0 spiro atoms. The molecule has 9 nitrogen and oxygen atoms in total. The number of benzene rings is 2. The Balaban J connectivity index is 1.56. The third-order valence-corrected chi connectivity index (χ3v) is 5.84. The van der Waals surface area contributed by atoms with E-state index in [1.54, 1.807) is 4.57 Å². The van der Waals surface area contributed by atoms with Crippen LogP contribution >= 0.6 is 0 Å². The van der Waals surface area contributed by atoms with E-state index in [1.807, 2.05) is 32.3 Å². The molecule has 0 bridgehead atoms. The lowest BCUT2D eigenvalue weighted by Crippen LogP contribution is -2.24. The number of ether oxygens (including phenoxy) is 1. The van der Waals surface area contributed by atoms with Crippen LogP contribution in [-0.4, -0.2) is 62.6 Å². The van der Waals surface area contributed by atoms with Crippen molar-refractivity contribution in [2.45, 2.75) is 24.9 Å². The van der Waals surface area contributed by atoms with Gasteiger partial charge in [0.1, 0.15) is 18.7 Å². The molecule has 4 aromatic rings. The predicted octanol–water partition coefficient (Wildman–Crippen LogP) is 1.67. The summed E-state index contributed by atoms with van der Waals surface area (Å²) in [4.78, 5) is 14.9. The van der Waals surface area contributed by atoms with Crippen molar-refractivity contribution >= 4 is 33.4 Å². The average Bonchev–Trinajstić information content (AvgIpc) is 3.37. The molecule has 1 aliphatic heterocycles. The van der Waals surface area contributed by atoms with Gasteiger partial charge in [0.15, 0.2) is 22.8 Å². The van der Waals surface area contributed by atoms with Crippen LogP contribution in [0.15, 0.2) is 42.7 Å². The number of nitrogens with zero attached hydrogens (tertiary/aromatic N) is 5. The van der Waals surface area contributed by atoms with Gasteiger partial charge in [-0.2, -0.15) is 0 Å². The van der Waals surface area contributed by atoms with Gasteiger partial charge < -0.3 is 25.6 Å². The molecule has 0 saturated carbocycles. The molecule has 0 radical (unpaired) electrons. The summed E-state index contributed by atoms with van der Waals surface area (Å²) < 4.78 is 7.56. The summed E-state index contributed by atoms with van der Waals surface area (Å²) in [5.41, 5.74) is 8.87. The molecule has 9 heteroatoms. The minimum atomic E-state index is -0.801. The molecule has 5 rings (SSSR count). The van der Waals surface area contributed by atoms with Crippen LogP contribution in [0.3, 0.4) is 0 Å². The number of anilines is 2. The number of aromatic nitrogens is 4. The van der Waals surface area contributed by atoms with Crippen LogP contribution in [0.25, 0.3) is 21.9 Å². The standard InChI is InChI=1S/C24H24N6O3/c1-29(2)17-7-6-15-9-14(3-5-16(15)10-17)4-8-20-28-22-23(25)26-13-27-24(22)30(20)21-11-18(32)19(12-31)33-21/h3,5-7,9-10,13,18-19,21,31-32H,11-12H2,1-2H3,(H2,25,26,27)/t18-,19+,21+/m0/s1. The smallest absolute Gasteiger partial charge is 0.190 e. The highest BCUT2D eigenvalue weighted by atomic mass is 16.5. The Kier molecular flexibility index (Phi) is 5.34. The topological polar surface area (TPSA) is 123 Å². The minimum Gasteiger partial charge on any atom is -0.394 e. The van der Waals surface area contributed by atoms with Crippen LogP contribution in [0, 0.1) is 11.8 Å². The first-order valence-corrected chi connectivity index (χ1v) is 10.6. The van der Waals surface area contributed by atoms with Crippen molar-refractivity contribution in [3.8, 4) is 11.8 Å². The van der Waals surface area contributed by atoms with E-state index in [0.29, 0.717) is 17.0 Å². The van der Waals surface area contributed by atoms with Gasteiger partial charge in [-0.05, 0) is 41.0 Å². The molecule has 4 N–H and O–H groups in total. The van der Waals surface area contributed by atoms with Crippen molar-refractivity contribution < 1.29 is 14.9 Å². The van der Waals surface area contributed by atoms with Crippen LogP contribution in [0.1, 0.15) is 24.0 Å². The normalized spacial score (nSPS) is 20.2. The fourth-order valence-electron chi connectivity index (χ4n) is 4.04. The molecule has 0 unspecified atom stereocenters.